The van der Waals surface area contributed by atoms with E-state index in [0.29, 0.717) is 37.6 Å². The number of hydrogen-bond acceptors (Lipinski definition) is 5. The number of morpholine rings is 1. The lowest BCUT2D eigenvalue weighted by atomic mass is 10.2. The minimum absolute atomic E-state index is 0.0679. The molecule has 124 valence electrons. The van der Waals surface area contributed by atoms with E-state index in [0.717, 1.165) is 5.69 Å². The normalized spacial score (nSPS) is 14.9. The Balaban J connectivity index is 1.91. The summed E-state index contributed by atoms with van der Waals surface area (Å²) >= 11 is 0. The molecule has 1 aliphatic heterocycles. The Hall–Kier alpha value is -2.56. The molecule has 1 saturated heterocycles. The number of nitrogens with one attached hydrogen (secondary N) is 1. The molecule has 7 heteroatoms. The third-order valence-electron chi connectivity index (χ3n) is 3.77. The minimum Gasteiger partial charge on any atom is -0.378 e. The van der Waals surface area contributed by atoms with Crippen LogP contribution in [0.5, 0.6) is 0 Å². The molecule has 1 heterocycles. The fourth-order valence-electron chi connectivity index (χ4n) is 2.58. The molecule has 2 aromatic carbocycles. The lowest BCUT2D eigenvalue weighted by Crippen LogP contribution is -2.36. The van der Waals surface area contributed by atoms with Crippen molar-refractivity contribution in [2.45, 2.75) is 4.90 Å². The van der Waals surface area contributed by atoms with Gasteiger partial charge in [0.15, 0.2) is 0 Å². The molecule has 0 saturated carbocycles. The molecule has 0 spiro atoms. The SMILES string of the molecule is N#Cc1cccc(S(=O)(=O)Nc2ccccc2N2CCOCC2)c1. The maximum atomic E-state index is 12.6. The number of nitriles is 1. The molecular weight excluding hydrogens is 326 g/mol. The summed E-state index contributed by atoms with van der Waals surface area (Å²) in [6.45, 7) is 2.65. The Morgan fingerprint density at radius 2 is 1.83 bits per heavy atom. The van der Waals surface area contributed by atoms with Gasteiger partial charge in [-0.1, -0.05) is 18.2 Å². The molecule has 1 N–H and O–H groups in total. The number of anilines is 2. The number of rotatable bonds is 4. The van der Waals surface area contributed by atoms with Crippen LogP contribution in [0, 0.1) is 11.3 Å². The van der Waals surface area contributed by atoms with Crippen molar-refractivity contribution in [2.24, 2.45) is 0 Å². The van der Waals surface area contributed by atoms with Crippen LogP contribution in [0.3, 0.4) is 0 Å². The molecule has 0 amide bonds. The van der Waals surface area contributed by atoms with E-state index in [1.54, 1.807) is 24.3 Å². The molecule has 0 aromatic heterocycles. The van der Waals surface area contributed by atoms with Crippen molar-refractivity contribution in [3.8, 4) is 6.07 Å². The van der Waals surface area contributed by atoms with Gasteiger partial charge in [-0.2, -0.15) is 5.26 Å². The number of hydrogen-bond donors (Lipinski definition) is 1. The molecule has 0 unspecified atom stereocenters. The van der Waals surface area contributed by atoms with Gasteiger partial charge in [-0.15, -0.1) is 0 Å². The first-order valence-electron chi connectivity index (χ1n) is 7.55. The van der Waals surface area contributed by atoms with Crippen LogP contribution in [-0.2, 0) is 14.8 Å². The van der Waals surface area contributed by atoms with Crippen molar-refractivity contribution < 1.29 is 13.2 Å². The zero-order valence-corrected chi connectivity index (χ0v) is 13.8. The Morgan fingerprint density at radius 1 is 1.08 bits per heavy atom. The summed E-state index contributed by atoms with van der Waals surface area (Å²) in [5, 5.41) is 8.95. The van der Waals surface area contributed by atoms with Gasteiger partial charge < -0.3 is 9.64 Å². The van der Waals surface area contributed by atoms with E-state index in [1.165, 1.54) is 12.1 Å². The van der Waals surface area contributed by atoms with Gasteiger partial charge in [0.1, 0.15) is 0 Å². The minimum atomic E-state index is -3.77. The second-order valence-electron chi connectivity index (χ2n) is 5.36. The molecule has 6 nitrogen and oxygen atoms in total. The average Bonchev–Trinajstić information content (AvgIpc) is 2.63. The zero-order valence-electron chi connectivity index (χ0n) is 13.0. The molecule has 24 heavy (non-hydrogen) atoms. The molecule has 1 fully saturated rings. The summed E-state index contributed by atoms with van der Waals surface area (Å²) in [7, 11) is -3.77. The highest BCUT2D eigenvalue weighted by atomic mass is 32.2. The molecule has 0 atom stereocenters. The highest BCUT2D eigenvalue weighted by Crippen LogP contribution is 2.28. The predicted octanol–water partition coefficient (Wildman–Crippen LogP) is 2.20. The quantitative estimate of drug-likeness (QED) is 0.920. The lowest BCUT2D eigenvalue weighted by Gasteiger charge is -2.30. The van der Waals surface area contributed by atoms with Gasteiger partial charge in [-0.3, -0.25) is 4.72 Å². The lowest BCUT2D eigenvalue weighted by molar-refractivity contribution is 0.123. The predicted molar refractivity (Wildman–Crippen MR) is 91.4 cm³/mol. The third-order valence-corrected chi connectivity index (χ3v) is 5.14. The van der Waals surface area contributed by atoms with Crippen molar-refractivity contribution in [3.63, 3.8) is 0 Å². The maximum Gasteiger partial charge on any atom is 0.262 e. The largest absolute Gasteiger partial charge is 0.378 e. The zero-order chi connectivity index (χ0) is 17.0. The van der Waals surface area contributed by atoms with E-state index in [1.807, 2.05) is 18.2 Å². The van der Waals surface area contributed by atoms with Crippen LogP contribution in [0.4, 0.5) is 11.4 Å². The van der Waals surface area contributed by atoms with Crippen molar-refractivity contribution in [2.75, 3.05) is 35.9 Å². The number of para-hydroxylation sites is 2. The van der Waals surface area contributed by atoms with E-state index in [2.05, 4.69) is 9.62 Å². The summed E-state index contributed by atoms with van der Waals surface area (Å²) < 4.78 is 33.3. The Labute approximate surface area is 141 Å². The van der Waals surface area contributed by atoms with Crippen LogP contribution < -0.4 is 9.62 Å². The third kappa shape index (κ3) is 3.50. The van der Waals surface area contributed by atoms with E-state index in [9.17, 15) is 8.42 Å². The summed E-state index contributed by atoms with van der Waals surface area (Å²) in [6, 6.07) is 15.2. The fraction of sp³-hybridized carbons (Fsp3) is 0.235. The first-order valence-corrected chi connectivity index (χ1v) is 9.03. The summed E-state index contributed by atoms with van der Waals surface area (Å²) in [5.74, 6) is 0. The summed E-state index contributed by atoms with van der Waals surface area (Å²) in [5.41, 5.74) is 1.64. The van der Waals surface area contributed by atoms with Crippen molar-refractivity contribution >= 4 is 21.4 Å². The molecule has 0 radical (unpaired) electrons. The molecule has 0 aliphatic carbocycles. The number of ether oxygens (including phenoxy) is 1. The van der Waals surface area contributed by atoms with Crippen LogP contribution in [0.2, 0.25) is 0 Å². The average molecular weight is 343 g/mol. The van der Waals surface area contributed by atoms with Crippen LogP contribution in [0.25, 0.3) is 0 Å². The van der Waals surface area contributed by atoms with Gasteiger partial charge in [0.25, 0.3) is 10.0 Å². The van der Waals surface area contributed by atoms with Crippen LogP contribution in [-0.4, -0.2) is 34.7 Å². The van der Waals surface area contributed by atoms with Crippen molar-refractivity contribution in [1.29, 1.82) is 5.26 Å². The molecule has 0 bridgehead atoms. The van der Waals surface area contributed by atoms with Gasteiger partial charge in [0.2, 0.25) is 0 Å². The van der Waals surface area contributed by atoms with Gasteiger partial charge in [-0.25, -0.2) is 8.42 Å². The summed E-state index contributed by atoms with van der Waals surface area (Å²) in [4.78, 5) is 2.16. The first kappa shape index (κ1) is 16.3. The molecule has 3 rings (SSSR count). The number of benzene rings is 2. The smallest absolute Gasteiger partial charge is 0.262 e. The number of sulfonamides is 1. The maximum absolute atomic E-state index is 12.6. The van der Waals surface area contributed by atoms with E-state index >= 15 is 0 Å². The Kier molecular flexibility index (Phi) is 4.69. The fourth-order valence-corrected chi connectivity index (χ4v) is 3.70. The van der Waals surface area contributed by atoms with Crippen molar-refractivity contribution in [1.82, 2.24) is 0 Å². The Morgan fingerprint density at radius 3 is 2.58 bits per heavy atom. The van der Waals surface area contributed by atoms with E-state index in [-0.39, 0.29) is 4.90 Å². The van der Waals surface area contributed by atoms with Gasteiger partial charge in [0.05, 0.1) is 41.1 Å². The van der Waals surface area contributed by atoms with Crippen LogP contribution in [0.15, 0.2) is 53.4 Å². The molecule has 2 aromatic rings. The van der Waals surface area contributed by atoms with Gasteiger partial charge in [0, 0.05) is 13.1 Å². The van der Waals surface area contributed by atoms with Crippen LogP contribution in [0.1, 0.15) is 5.56 Å². The van der Waals surface area contributed by atoms with E-state index < -0.39 is 10.0 Å². The highest BCUT2D eigenvalue weighted by Gasteiger charge is 2.19. The molecule has 1 aliphatic rings. The van der Waals surface area contributed by atoms with Crippen LogP contribution >= 0.6 is 0 Å². The second-order valence-corrected chi connectivity index (χ2v) is 7.04. The Bertz CT molecular complexity index is 869. The monoisotopic (exact) mass is 343 g/mol. The standard InChI is InChI=1S/C17H17N3O3S/c18-13-14-4-3-5-15(12-14)24(21,22)19-16-6-1-2-7-17(16)20-8-10-23-11-9-20/h1-7,12,19H,8-11H2. The van der Waals surface area contributed by atoms with Gasteiger partial charge in [-0.05, 0) is 30.3 Å². The topological polar surface area (TPSA) is 82.4 Å². The highest BCUT2D eigenvalue weighted by molar-refractivity contribution is 7.92. The van der Waals surface area contributed by atoms with E-state index in [4.69, 9.17) is 10.00 Å². The summed E-state index contributed by atoms with van der Waals surface area (Å²) in [6.07, 6.45) is 0. The first-order chi connectivity index (χ1) is 11.6. The number of nitrogens with zero attached hydrogens (tertiary/aromatic N) is 2. The second kappa shape index (κ2) is 6.91. The van der Waals surface area contributed by atoms with Gasteiger partial charge >= 0.3 is 0 Å². The molecular formula is C17H17N3O3S. The van der Waals surface area contributed by atoms with Crippen molar-refractivity contribution in [3.05, 3.63) is 54.1 Å².